The summed E-state index contributed by atoms with van der Waals surface area (Å²) in [5, 5.41) is 4.95. The fourth-order valence-corrected chi connectivity index (χ4v) is 2.41. The predicted octanol–water partition coefficient (Wildman–Crippen LogP) is 2.27. The van der Waals surface area contributed by atoms with Gasteiger partial charge in [-0.3, -0.25) is 4.98 Å². The van der Waals surface area contributed by atoms with E-state index in [0.717, 1.165) is 16.5 Å². The highest BCUT2D eigenvalue weighted by molar-refractivity contribution is 6.06. The van der Waals surface area contributed by atoms with Crippen LogP contribution in [0.2, 0.25) is 0 Å². The molecular weight excluding hydrogens is 280 g/mol. The SMILES string of the molecule is C#Cc1cnc2ccc(C3=NOC(C)(C(=O)OC)C3)cc2c1. The van der Waals surface area contributed by atoms with Crippen LogP contribution in [0.1, 0.15) is 24.5 Å². The zero-order valence-corrected chi connectivity index (χ0v) is 12.3. The molecule has 0 bridgehead atoms. The van der Waals surface area contributed by atoms with Gasteiger partial charge in [0.15, 0.2) is 0 Å². The molecule has 0 saturated heterocycles. The largest absolute Gasteiger partial charge is 0.466 e. The third-order valence-corrected chi connectivity index (χ3v) is 3.66. The van der Waals surface area contributed by atoms with E-state index in [-0.39, 0.29) is 0 Å². The van der Waals surface area contributed by atoms with Crippen LogP contribution >= 0.6 is 0 Å². The summed E-state index contributed by atoms with van der Waals surface area (Å²) in [6.45, 7) is 1.66. The number of benzene rings is 1. The van der Waals surface area contributed by atoms with Crippen LogP contribution in [0, 0.1) is 12.3 Å². The van der Waals surface area contributed by atoms with Gasteiger partial charge < -0.3 is 9.57 Å². The van der Waals surface area contributed by atoms with E-state index in [1.807, 2.05) is 24.3 Å². The first-order valence-electron chi connectivity index (χ1n) is 6.76. The number of pyridine rings is 1. The van der Waals surface area contributed by atoms with Gasteiger partial charge in [-0.2, -0.15) is 0 Å². The monoisotopic (exact) mass is 294 g/mol. The molecular formula is C17H14N2O3. The Hall–Kier alpha value is -2.87. The summed E-state index contributed by atoms with van der Waals surface area (Å²) in [6.07, 6.45) is 7.41. The van der Waals surface area contributed by atoms with Crippen molar-refractivity contribution in [2.24, 2.45) is 5.16 Å². The fourth-order valence-electron chi connectivity index (χ4n) is 2.41. The van der Waals surface area contributed by atoms with E-state index in [2.05, 4.69) is 16.1 Å². The van der Waals surface area contributed by atoms with Gasteiger partial charge in [-0.1, -0.05) is 17.1 Å². The van der Waals surface area contributed by atoms with Crippen molar-refractivity contribution in [3.05, 3.63) is 41.6 Å². The number of carbonyl (C=O) groups is 1. The number of terminal acetylenes is 1. The highest BCUT2D eigenvalue weighted by Gasteiger charge is 2.43. The first kappa shape index (κ1) is 14.1. The fraction of sp³-hybridized carbons (Fsp3) is 0.235. The molecule has 1 atom stereocenters. The van der Waals surface area contributed by atoms with Gasteiger partial charge in [-0.05, 0) is 25.1 Å². The molecule has 1 aromatic carbocycles. The van der Waals surface area contributed by atoms with Crippen molar-refractivity contribution in [1.29, 1.82) is 0 Å². The van der Waals surface area contributed by atoms with E-state index in [0.29, 0.717) is 17.7 Å². The van der Waals surface area contributed by atoms with Crippen molar-refractivity contribution in [2.45, 2.75) is 18.9 Å². The Kier molecular flexibility index (Phi) is 3.30. The van der Waals surface area contributed by atoms with E-state index in [4.69, 9.17) is 16.0 Å². The maximum absolute atomic E-state index is 11.8. The zero-order valence-electron chi connectivity index (χ0n) is 12.3. The number of hydrogen-bond donors (Lipinski definition) is 0. The van der Waals surface area contributed by atoms with Crippen molar-refractivity contribution in [2.75, 3.05) is 7.11 Å². The Labute approximate surface area is 127 Å². The summed E-state index contributed by atoms with van der Waals surface area (Å²) in [6, 6.07) is 7.62. The average molecular weight is 294 g/mol. The van der Waals surface area contributed by atoms with Gasteiger partial charge in [0.2, 0.25) is 5.60 Å². The van der Waals surface area contributed by atoms with Crippen LogP contribution in [-0.2, 0) is 14.4 Å². The molecule has 0 saturated carbocycles. The number of methoxy groups -OCH3 is 1. The molecule has 5 nitrogen and oxygen atoms in total. The van der Waals surface area contributed by atoms with Crippen LogP contribution in [0.25, 0.3) is 10.9 Å². The lowest BCUT2D eigenvalue weighted by molar-refractivity contribution is -0.164. The minimum atomic E-state index is -1.07. The van der Waals surface area contributed by atoms with Crippen molar-refractivity contribution in [3.63, 3.8) is 0 Å². The minimum Gasteiger partial charge on any atom is -0.466 e. The number of oxime groups is 1. The van der Waals surface area contributed by atoms with Crippen LogP contribution in [0.3, 0.4) is 0 Å². The third-order valence-electron chi connectivity index (χ3n) is 3.66. The number of nitrogens with zero attached hydrogens (tertiary/aromatic N) is 2. The van der Waals surface area contributed by atoms with Gasteiger partial charge in [-0.25, -0.2) is 4.79 Å². The highest BCUT2D eigenvalue weighted by atomic mass is 16.7. The van der Waals surface area contributed by atoms with E-state index in [1.165, 1.54) is 7.11 Å². The summed E-state index contributed by atoms with van der Waals surface area (Å²) in [4.78, 5) is 21.3. The molecule has 1 unspecified atom stereocenters. The number of esters is 1. The Morgan fingerprint density at radius 3 is 3.00 bits per heavy atom. The molecule has 0 spiro atoms. The van der Waals surface area contributed by atoms with Gasteiger partial charge in [0.25, 0.3) is 0 Å². The summed E-state index contributed by atoms with van der Waals surface area (Å²) < 4.78 is 4.75. The molecule has 22 heavy (non-hydrogen) atoms. The average Bonchev–Trinajstić information content (AvgIpc) is 2.96. The van der Waals surface area contributed by atoms with E-state index in [1.54, 1.807) is 13.1 Å². The van der Waals surface area contributed by atoms with E-state index < -0.39 is 11.6 Å². The molecule has 2 heterocycles. The molecule has 0 fully saturated rings. The van der Waals surface area contributed by atoms with Crippen LogP contribution in [0.4, 0.5) is 0 Å². The van der Waals surface area contributed by atoms with Crippen LogP contribution in [0.5, 0.6) is 0 Å². The van der Waals surface area contributed by atoms with Gasteiger partial charge in [-0.15, -0.1) is 6.42 Å². The second kappa shape index (κ2) is 5.15. The summed E-state index contributed by atoms with van der Waals surface area (Å²) in [5.41, 5.74) is 2.06. The molecule has 1 aliphatic rings. The Balaban J connectivity index is 1.95. The molecule has 2 aromatic rings. The molecule has 1 aromatic heterocycles. The third kappa shape index (κ3) is 2.29. The lowest BCUT2D eigenvalue weighted by Crippen LogP contribution is -2.36. The topological polar surface area (TPSA) is 60.8 Å². The normalized spacial score (nSPS) is 20.1. The smallest absolute Gasteiger partial charge is 0.353 e. The maximum atomic E-state index is 11.8. The van der Waals surface area contributed by atoms with Crippen LogP contribution in [0.15, 0.2) is 35.6 Å². The number of ether oxygens (including phenoxy) is 1. The second-order valence-electron chi connectivity index (χ2n) is 5.30. The second-order valence-corrected chi connectivity index (χ2v) is 5.30. The minimum absolute atomic E-state index is 0.355. The van der Waals surface area contributed by atoms with Gasteiger partial charge >= 0.3 is 5.97 Å². The van der Waals surface area contributed by atoms with Crippen LogP contribution < -0.4 is 0 Å². The number of carbonyl (C=O) groups excluding carboxylic acids is 1. The number of fused-ring (bicyclic) bond motifs is 1. The summed E-state index contributed by atoms with van der Waals surface area (Å²) >= 11 is 0. The summed E-state index contributed by atoms with van der Waals surface area (Å²) in [5.74, 6) is 2.12. The number of aromatic nitrogens is 1. The lowest BCUT2D eigenvalue weighted by atomic mass is 9.95. The van der Waals surface area contributed by atoms with Gasteiger partial charge in [0, 0.05) is 29.1 Å². The molecule has 0 radical (unpaired) electrons. The Morgan fingerprint density at radius 1 is 1.45 bits per heavy atom. The lowest BCUT2D eigenvalue weighted by Gasteiger charge is -2.17. The molecule has 5 heteroatoms. The standard InChI is InChI=1S/C17H14N2O3/c1-4-11-7-13-8-12(5-6-14(13)18-10-11)15-9-17(2,22-19-15)16(20)21-3/h1,5-8,10H,9H2,2-3H3. The quantitative estimate of drug-likeness (QED) is 0.629. The van der Waals surface area contributed by atoms with Gasteiger partial charge in [0.05, 0.1) is 18.3 Å². The van der Waals surface area contributed by atoms with E-state index >= 15 is 0 Å². The predicted molar refractivity (Wildman–Crippen MR) is 82.3 cm³/mol. The maximum Gasteiger partial charge on any atom is 0.353 e. The first-order valence-corrected chi connectivity index (χ1v) is 6.76. The summed E-state index contributed by atoms with van der Waals surface area (Å²) in [7, 11) is 1.33. The molecule has 0 amide bonds. The Morgan fingerprint density at radius 2 is 2.27 bits per heavy atom. The highest BCUT2D eigenvalue weighted by Crippen LogP contribution is 2.28. The Bertz CT molecular complexity index is 835. The van der Waals surface area contributed by atoms with Crippen molar-refractivity contribution < 1.29 is 14.4 Å². The molecule has 0 N–H and O–H groups in total. The number of rotatable bonds is 2. The molecule has 0 aliphatic carbocycles. The van der Waals surface area contributed by atoms with Crippen molar-refractivity contribution >= 4 is 22.6 Å². The van der Waals surface area contributed by atoms with Crippen molar-refractivity contribution in [3.8, 4) is 12.3 Å². The van der Waals surface area contributed by atoms with Gasteiger partial charge in [0.1, 0.15) is 0 Å². The number of hydrogen-bond acceptors (Lipinski definition) is 5. The van der Waals surface area contributed by atoms with E-state index in [9.17, 15) is 4.79 Å². The first-order chi connectivity index (χ1) is 10.6. The molecule has 1 aliphatic heterocycles. The van der Waals surface area contributed by atoms with Crippen LogP contribution in [-0.4, -0.2) is 29.4 Å². The molecule has 3 rings (SSSR count). The molecule has 110 valence electrons. The zero-order chi connectivity index (χ0) is 15.7. The van der Waals surface area contributed by atoms with Crippen molar-refractivity contribution in [1.82, 2.24) is 4.98 Å².